The summed E-state index contributed by atoms with van der Waals surface area (Å²) in [5.74, 6) is -0.268. The topological polar surface area (TPSA) is 61.8 Å². The fraction of sp³-hybridized carbons (Fsp3) is 0.214. The van der Waals surface area contributed by atoms with Crippen molar-refractivity contribution in [2.24, 2.45) is 5.10 Å². The molecule has 0 fully saturated rings. The maximum Gasteiger partial charge on any atom is 0.253 e. The van der Waals surface area contributed by atoms with Gasteiger partial charge in [0.25, 0.3) is 11.8 Å². The fourth-order valence-corrected chi connectivity index (χ4v) is 1.68. The molecule has 0 aromatic heterocycles. The van der Waals surface area contributed by atoms with Gasteiger partial charge in [-0.1, -0.05) is 6.58 Å². The minimum atomic E-state index is -0.223. The molecule has 0 spiro atoms. The first-order valence-corrected chi connectivity index (χ1v) is 5.91. The van der Waals surface area contributed by atoms with Crippen molar-refractivity contribution in [3.05, 3.63) is 36.4 Å². The molecule has 0 aliphatic carbocycles. The molecule has 98 valence electrons. The summed E-state index contributed by atoms with van der Waals surface area (Å²) >= 11 is 0. The van der Waals surface area contributed by atoms with Gasteiger partial charge in [-0.3, -0.25) is 9.59 Å². The molecule has 1 aromatic carbocycles. The minimum Gasteiger partial charge on any atom is -0.322 e. The summed E-state index contributed by atoms with van der Waals surface area (Å²) in [4.78, 5) is 23.1. The van der Waals surface area contributed by atoms with Crippen LogP contribution in [0.3, 0.4) is 0 Å². The maximum atomic E-state index is 11.7. The summed E-state index contributed by atoms with van der Waals surface area (Å²) in [5, 5.41) is 8.23. The largest absolute Gasteiger partial charge is 0.322 e. The molecular formula is C14H15N3O2. The van der Waals surface area contributed by atoms with E-state index in [0.29, 0.717) is 23.4 Å². The fourth-order valence-electron chi connectivity index (χ4n) is 1.68. The van der Waals surface area contributed by atoms with Gasteiger partial charge >= 0.3 is 0 Å². The van der Waals surface area contributed by atoms with E-state index in [1.54, 1.807) is 31.2 Å². The third-order valence-electron chi connectivity index (χ3n) is 2.67. The lowest BCUT2D eigenvalue weighted by Crippen LogP contribution is -2.19. The van der Waals surface area contributed by atoms with E-state index in [-0.39, 0.29) is 11.8 Å². The molecule has 1 N–H and O–H groups in total. The normalized spacial score (nSPS) is 14.3. The monoisotopic (exact) mass is 257 g/mol. The Hall–Kier alpha value is -2.43. The summed E-state index contributed by atoms with van der Waals surface area (Å²) < 4.78 is 0. The molecule has 0 saturated heterocycles. The molecule has 1 aliphatic heterocycles. The molecule has 2 amide bonds. The van der Waals surface area contributed by atoms with Crippen LogP contribution in [0.15, 0.2) is 41.5 Å². The van der Waals surface area contributed by atoms with Gasteiger partial charge < -0.3 is 5.32 Å². The average molecular weight is 257 g/mol. The Morgan fingerprint density at radius 2 is 2.00 bits per heavy atom. The van der Waals surface area contributed by atoms with Crippen molar-refractivity contribution in [3.8, 4) is 0 Å². The van der Waals surface area contributed by atoms with Crippen LogP contribution in [-0.4, -0.2) is 17.5 Å². The van der Waals surface area contributed by atoms with Crippen LogP contribution in [0.2, 0.25) is 0 Å². The van der Waals surface area contributed by atoms with Gasteiger partial charge in [0.05, 0.1) is 12.1 Å². The zero-order chi connectivity index (χ0) is 14.0. The predicted octanol–water partition coefficient (Wildman–Crippen LogP) is 2.31. The number of carbonyl (C=O) groups is 2. The predicted molar refractivity (Wildman–Crippen MR) is 75.1 cm³/mol. The number of hydrogen-bond donors (Lipinski definition) is 1. The van der Waals surface area contributed by atoms with E-state index in [4.69, 9.17) is 0 Å². The average Bonchev–Trinajstić information content (AvgIpc) is 2.69. The highest BCUT2D eigenvalue weighted by Crippen LogP contribution is 2.22. The molecule has 1 aromatic rings. The van der Waals surface area contributed by atoms with Crippen LogP contribution >= 0.6 is 0 Å². The molecule has 5 heteroatoms. The van der Waals surface area contributed by atoms with E-state index in [1.807, 2.05) is 6.92 Å². The van der Waals surface area contributed by atoms with Crippen LogP contribution in [-0.2, 0) is 9.59 Å². The molecule has 0 radical (unpaired) electrons. The van der Waals surface area contributed by atoms with Crippen LogP contribution < -0.4 is 10.3 Å². The Kier molecular flexibility index (Phi) is 3.46. The van der Waals surface area contributed by atoms with E-state index in [9.17, 15) is 9.59 Å². The van der Waals surface area contributed by atoms with Crippen molar-refractivity contribution < 1.29 is 9.59 Å². The lowest BCUT2D eigenvalue weighted by molar-refractivity contribution is -0.117. The van der Waals surface area contributed by atoms with Gasteiger partial charge in [0.2, 0.25) is 0 Å². The molecule has 5 nitrogen and oxygen atoms in total. The van der Waals surface area contributed by atoms with Crippen molar-refractivity contribution in [2.45, 2.75) is 20.3 Å². The molecule has 0 unspecified atom stereocenters. The number of nitrogens with one attached hydrogen (secondary N) is 1. The first-order valence-electron chi connectivity index (χ1n) is 5.91. The van der Waals surface area contributed by atoms with Crippen LogP contribution in [0.25, 0.3) is 0 Å². The number of rotatable bonds is 3. The molecular weight excluding hydrogens is 242 g/mol. The smallest absolute Gasteiger partial charge is 0.253 e. The van der Waals surface area contributed by atoms with Gasteiger partial charge in [0, 0.05) is 17.0 Å². The van der Waals surface area contributed by atoms with Crippen molar-refractivity contribution in [2.75, 3.05) is 10.3 Å². The second kappa shape index (κ2) is 5.06. The molecule has 0 bridgehead atoms. The molecule has 2 rings (SSSR count). The van der Waals surface area contributed by atoms with Crippen molar-refractivity contribution in [3.63, 3.8) is 0 Å². The molecule has 0 atom stereocenters. The first-order chi connectivity index (χ1) is 8.97. The summed E-state index contributed by atoms with van der Waals surface area (Å²) in [6, 6.07) is 6.95. The SMILES string of the molecule is C=C(C)C(=O)Nc1ccc(N2N=C(C)CC2=O)cc1. The molecule has 1 aliphatic rings. The first kappa shape index (κ1) is 13.0. The quantitative estimate of drug-likeness (QED) is 0.845. The van der Waals surface area contributed by atoms with E-state index < -0.39 is 0 Å². The number of nitrogens with zero attached hydrogens (tertiary/aromatic N) is 2. The summed E-state index contributed by atoms with van der Waals surface area (Å²) in [7, 11) is 0. The third-order valence-corrected chi connectivity index (χ3v) is 2.67. The summed E-state index contributed by atoms with van der Waals surface area (Å²) in [6.07, 6.45) is 0.355. The van der Waals surface area contributed by atoms with E-state index in [1.165, 1.54) is 5.01 Å². The Morgan fingerprint density at radius 1 is 1.37 bits per heavy atom. The second-order valence-corrected chi connectivity index (χ2v) is 4.50. The molecule has 19 heavy (non-hydrogen) atoms. The molecule has 0 saturated carbocycles. The highest BCUT2D eigenvalue weighted by atomic mass is 16.2. The number of benzene rings is 1. The van der Waals surface area contributed by atoms with E-state index >= 15 is 0 Å². The van der Waals surface area contributed by atoms with Crippen molar-refractivity contribution in [1.82, 2.24) is 0 Å². The van der Waals surface area contributed by atoms with Crippen molar-refractivity contribution >= 4 is 28.9 Å². The number of hydrazone groups is 1. The van der Waals surface area contributed by atoms with E-state index in [2.05, 4.69) is 17.0 Å². The Labute approximate surface area is 111 Å². The van der Waals surface area contributed by atoms with Crippen LogP contribution in [0.1, 0.15) is 20.3 Å². The van der Waals surface area contributed by atoms with E-state index in [0.717, 1.165) is 5.71 Å². The zero-order valence-electron chi connectivity index (χ0n) is 10.9. The van der Waals surface area contributed by atoms with Gasteiger partial charge in [-0.25, -0.2) is 5.01 Å². The Balaban J connectivity index is 2.13. The minimum absolute atomic E-state index is 0.0452. The summed E-state index contributed by atoms with van der Waals surface area (Å²) in [5.41, 5.74) is 2.59. The van der Waals surface area contributed by atoms with Crippen LogP contribution in [0.5, 0.6) is 0 Å². The van der Waals surface area contributed by atoms with Crippen LogP contribution in [0.4, 0.5) is 11.4 Å². The van der Waals surface area contributed by atoms with Gasteiger partial charge in [-0.2, -0.15) is 5.10 Å². The van der Waals surface area contributed by atoms with Gasteiger partial charge in [-0.15, -0.1) is 0 Å². The second-order valence-electron chi connectivity index (χ2n) is 4.50. The van der Waals surface area contributed by atoms with Gasteiger partial charge in [-0.05, 0) is 38.1 Å². The number of anilines is 2. The number of carbonyl (C=O) groups excluding carboxylic acids is 2. The number of amides is 2. The standard InChI is InChI=1S/C14H15N3O2/c1-9(2)14(19)15-11-4-6-12(7-5-11)17-13(18)8-10(3)16-17/h4-7H,1,8H2,2-3H3,(H,15,19). The van der Waals surface area contributed by atoms with Crippen LogP contribution in [0, 0.1) is 0 Å². The summed E-state index contributed by atoms with van der Waals surface area (Å²) in [6.45, 7) is 7.03. The molecule has 1 heterocycles. The maximum absolute atomic E-state index is 11.7. The Morgan fingerprint density at radius 3 is 2.47 bits per heavy atom. The highest BCUT2D eigenvalue weighted by molar-refractivity contribution is 6.12. The lowest BCUT2D eigenvalue weighted by atomic mass is 10.2. The van der Waals surface area contributed by atoms with Gasteiger partial charge in [0.1, 0.15) is 0 Å². The zero-order valence-corrected chi connectivity index (χ0v) is 10.9. The lowest BCUT2D eigenvalue weighted by Gasteiger charge is -2.12. The highest BCUT2D eigenvalue weighted by Gasteiger charge is 2.22. The Bertz CT molecular complexity index is 573. The van der Waals surface area contributed by atoms with Gasteiger partial charge in [0.15, 0.2) is 0 Å². The van der Waals surface area contributed by atoms with Crippen molar-refractivity contribution in [1.29, 1.82) is 0 Å². The number of hydrogen-bond acceptors (Lipinski definition) is 3. The third kappa shape index (κ3) is 2.88.